The third-order valence-corrected chi connectivity index (χ3v) is 13.5. The van der Waals surface area contributed by atoms with E-state index in [2.05, 4.69) is 31.3 Å². The van der Waals surface area contributed by atoms with Crippen molar-refractivity contribution < 1.29 is 32.9 Å². The number of quaternary nitrogens is 1. The maximum absolute atomic E-state index is 13.0. The first-order chi connectivity index (χ1) is 30.0. The maximum atomic E-state index is 13.0. The first kappa shape index (κ1) is 61.2. The summed E-state index contributed by atoms with van der Waals surface area (Å²) in [4.78, 5) is 23.3. The summed E-state index contributed by atoms with van der Waals surface area (Å²) >= 11 is 0. The number of unbranched alkanes of at least 4 members (excludes halogenated alkanes) is 35. The second kappa shape index (κ2) is 45.4. The third-order valence-electron chi connectivity index (χ3n) is 12.5. The number of nitrogens with one attached hydrogen (secondary N) is 1. The van der Waals surface area contributed by atoms with Gasteiger partial charge in [-0.2, -0.15) is 0 Å². The van der Waals surface area contributed by atoms with Crippen LogP contribution in [-0.4, -0.2) is 73.4 Å². The fourth-order valence-electron chi connectivity index (χ4n) is 8.22. The van der Waals surface area contributed by atoms with Crippen molar-refractivity contribution in [2.24, 2.45) is 0 Å². The Labute approximate surface area is 386 Å². The highest BCUT2D eigenvalue weighted by atomic mass is 31.2. The van der Waals surface area contributed by atoms with Gasteiger partial charge < -0.3 is 19.8 Å². The molecule has 62 heavy (non-hydrogen) atoms. The Bertz CT molecular complexity index is 1020. The zero-order valence-corrected chi connectivity index (χ0v) is 43.0. The van der Waals surface area contributed by atoms with Crippen molar-refractivity contribution in [3.63, 3.8) is 0 Å². The van der Waals surface area contributed by atoms with Crippen molar-refractivity contribution in [3.8, 4) is 0 Å². The molecule has 0 spiro atoms. The molecule has 0 bridgehead atoms. The second-order valence-electron chi connectivity index (χ2n) is 20.0. The van der Waals surface area contributed by atoms with Gasteiger partial charge in [0.05, 0.1) is 39.9 Å². The van der Waals surface area contributed by atoms with E-state index in [-0.39, 0.29) is 19.1 Å². The van der Waals surface area contributed by atoms with Crippen molar-refractivity contribution in [1.82, 2.24) is 5.32 Å². The summed E-state index contributed by atoms with van der Waals surface area (Å²) in [6.07, 6.45) is 53.9. The normalized spacial score (nSPS) is 14.1. The van der Waals surface area contributed by atoms with E-state index in [9.17, 15) is 19.4 Å². The SMILES string of the molecule is CCCCCCCC/C=C\CCCCCCCCCCCC(=O)NC(COP(=O)(O)OCC[N+](C)(C)C)C(O)CCCCCCCCCCCCCCCCCCCCCCC. The molecular formula is C53H108N2O6P+. The number of nitrogens with zero attached hydrogens (tertiary/aromatic N) is 1. The van der Waals surface area contributed by atoms with Crippen molar-refractivity contribution >= 4 is 13.7 Å². The summed E-state index contributed by atoms with van der Waals surface area (Å²) < 4.78 is 23.8. The minimum atomic E-state index is -4.32. The number of likely N-dealkylation sites (N-methyl/N-ethyl adjacent to an activating group) is 1. The Morgan fingerprint density at radius 1 is 0.532 bits per heavy atom. The summed E-state index contributed by atoms with van der Waals surface area (Å²) in [7, 11) is 1.63. The van der Waals surface area contributed by atoms with E-state index in [1.54, 1.807) is 0 Å². The van der Waals surface area contributed by atoms with Gasteiger partial charge in [-0.1, -0.05) is 238 Å². The lowest BCUT2D eigenvalue weighted by atomic mass is 10.0. The molecule has 0 heterocycles. The minimum Gasteiger partial charge on any atom is -0.391 e. The fraction of sp³-hybridized carbons (Fsp3) is 0.943. The number of allylic oxidation sites excluding steroid dienone is 2. The molecule has 0 aliphatic heterocycles. The topological polar surface area (TPSA) is 105 Å². The second-order valence-corrected chi connectivity index (χ2v) is 21.4. The molecule has 3 N–H and O–H groups in total. The molecule has 3 atom stereocenters. The zero-order chi connectivity index (χ0) is 45.7. The van der Waals surface area contributed by atoms with Crippen molar-refractivity contribution in [2.45, 2.75) is 283 Å². The number of aliphatic hydroxyl groups excluding tert-OH is 1. The molecule has 0 saturated heterocycles. The standard InChI is InChI=1S/C53H107N2O6P/c1-6-8-10-12-14-16-18-20-22-24-26-27-29-30-32-34-36-38-40-42-44-46-52(56)51(50-61-62(58,59)60-49-48-55(3,4)5)54-53(57)47-45-43-41-39-37-35-33-31-28-25-23-21-19-17-15-13-11-9-7-2/h21,23,51-52,56H,6-20,22,24-50H2,1-5H3,(H-,54,57,58,59)/p+1/b23-21-. The molecule has 370 valence electrons. The van der Waals surface area contributed by atoms with E-state index >= 15 is 0 Å². The molecule has 0 fully saturated rings. The van der Waals surface area contributed by atoms with Crippen LogP contribution in [0.4, 0.5) is 0 Å². The molecule has 0 aliphatic rings. The van der Waals surface area contributed by atoms with Crippen LogP contribution >= 0.6 is 7.82 Å². The number of carbonyl (C=O) groups is 1. The van der Waals surface area contributed by atoms with Crippen molar-refractivity contribution in [3.05, 3.63) is 12.2 Å². The summed E-state index contributed by atoms with van der Waals surface area (Å²) in [5, 5.41) is 14.1. The van der Waals surface area contributed by atoms with E-state index in [4.69, 9.17) is 9.05 Å². The number of phosphoric acid groups is 1. The van der Waals surface area contributed by atoms with E-state index in [1.807, 2.05) is 21.1 Å². The van der Waals surface area contributed by atoms with Gasteiger partial charge in [0, 0.05) is 6.42 Å². The van der Waals surface area contributed by atoms with Gasteiger partial charge in [-0.05, 0) is 38.5 Å². The predicted molar refractivity (Wildman–Crippen MR) is 268 cm³/mol. The molecule has 8 nitrogen and oxygen atoms in total. The van der Waals surface area contributed by atoms with Crippen LogP contribution < -0.4 is 5.32 Å². The lowest BCUT2D eigenvalue weighted by Crippen LogP contribution is -2.46. The smallest absolute Gasteiger partial charge is 0.391 e. The summed E-state index contributed by atoms with van der Waals surface area (Å²) in [5.41, 5.74) is 0. The molecule has 0 aromatic rings. The Morgan fingerprint density at radius 2 is 0.871 bits per heavy atom. The van der Waals surface area contributed by atoms with Gasteiger partial charge in [0.1, 0.15) is 13.2 Å². The van der Waals surface area contributed by atoms with Crippen LogP contribution in [0, 0.1) is 0 Å². The highest BCUT2D eigenvalue weighted by Crippen LogP contribution is 2.43. The fourth-order valence-corrected chi connectivity index (χ4v) is 8.96. The number of hydrogen-bond donors (Lipinski definition) is 3. The van der Waals surface area contributed by atoms with Crippen LogP contribution in [0.25, 0.3) is 0 Å². The van der Waals surface area contributed by atoms with Crippen LogP contribution in [0.3, 0.4) is 0 Å². The van der Waals surface area contributed by atoms with Crippen LogP contribution in [-0.2, 0) is 18.4 Å². The quantitative estimate of drug-likeness (QED) is 0.0243. The third kappa shape index (κ3) is 47.2. The van der Waals surface area contributed by atoms with E-state index in [0.29, 0.717) is 23.9 Å². The van der Waals surface area contributed by atoms with Gasteiger partial charge in [-0.15, -0.1) is 0 Å². The Hall–Kier alpha value is -0.760. The van der Waals surface area contributed by atoms with Gasteiger partial charge >= 0.3 is 7.82 Å². The van der Waals surface area contributed by atoms with Gasteiger partial charge in [0.15, 0.2) is 0 Å². The number of phosphoric ester groups is 1. The van der Waals surface area contributed by atoms with Crippen LogP contribution in [0.5, 0.6) is 0 Å². The number of rotatable bonds is 50. The number of amides is 1. The molecule has 0 saturated carbocycles. The highest BCUT2D eigenvalue weighted by Gasteiger charge is 2.28. The Kier molecular flexibility index (Phi) is 44.8. The summed E-state index contributed by atoms with van der Waals surface area (Å²) in [5.74, 6) is -0.142. The molecule has 0 aromatic heterocycles. The Morgan fingerprint density at radius 3 is 1.24 bits per heavy atom. The maximum Gasteiger partial charge on any atom is 0.472 e. The van der Waals surface area contributed by atoms with Crippen LogP contribution in [0.2, 0.25) is 0 Å². The monoisotopic (exact) mass is 900 g/mol. The highest BCUT2D eigenvalue weighted by molar-refractivity contribution is 7.47. The average molecular weight is 900 g/mol. The van der Waals surface area contributed by atoms with Crippen LogP contribution in [0.15, 0.2) is 12.2 Å². The summed E-state index contributed by atoms with van der Waals surface area (Å²) in [6, 6.07) is -0.758. The Balaban J connectivity index is 4.21. The molecule has 0 aliphatic carbocycles. The number of aliphatic hydroxyl groups is 1. The van der Waals surface area contributed by atoms with Crippen LogP contribution in [0.1, 0.15) is 271 Å². The van der Waals surface area contributed by atoms with Gasteiger partial charge in [-0.25, -0.2) is 4.57 Å². The van der Waals surface area contributed by atoms with Gasteiger partial charge in [-0.3, -0.25) is 13.8 Å². The van der Waals surface area contributed by atoms with Gasteiger partial charge in [0.2, 0.25) is 5.91 Å². The molecule has 0 rings (SSSR count). The molecule has 9 heteroatoms. The lowest BCUT2D eigenvalue weighted by molar-refractivity contribution is -0.870. The van der Waals surface area contributed by atoms with E-state index < -0.39 is 20.0 Å². The minimum absolute atomic E-state index is 0.0767. The summed E-state index contributed by atoms with van der Waals surface area (Å²) in [6.45, 7) is 4.92. The van der Waals surface area contributed by atoms with E-state index in [1.165, 1.54) is 205 Å². The molecule has 0 aromatic carbocycles. The lowest BCUT2D eigenvalue weighted by Gasteiger charge is -2.26. The van der Waals surface area contributed by atoms with Crippen molar-refractivity contribution in [1.29, 1.82) is 0 Å². The number of hydrogen-bond acceptors (Lipinski definition) is 5. The molecule has 3 unspecified atom stereocenters. The largest absolute Gasteiger partial charge is 0.472 e. The predicted octanol–water partition coefficient (Wildman–Crippen LogP) is 15.9. The number of carbonyl (C=O) groups excluding carboxylic acids is 1. The molecule has 1 amide bonds. The van der Waals surface area contributed by atoms with E-state index in [0.717, 1.165) is 38.5 Å². The molecular weight excluding hydrogens is 792 g/mol. The van der Waals surface area contributed by atoms with Crippen molar-refractivity contribution in [2.75, 3.05) is 40.9 Å². The first-order valence-electron chi connectivity index (χ1n) is 27.1. The first-order valence-corrected chi connectivity index (χ1v) is 28.5. The molecule has 0 radical (unpaired) electrons. The zero-order valence-electron chi connectivity index (χ0n) is 42.1. The van der Waals surface area contributed by atoms with Gasteiger partial charge in [0.25, 0.3) is 0 Å². The average Bonchev–Trinajstić information content (AvgIpc) is 3.23.